The van der Waals surface area contributed by atoms with E-state index in [-0.39, 0.29) is 18.3 Å². The second-order valence-electron chi connectivity index (χ2n) is 9.96. The molecule has 0 amide bonds. The first kappa shape index (κ1) is 28.2. The summed E-state index contributed by atoms with van der Waals surface area (Å²) in [5, 5.41) is 21.6. The smallest absolute Gasteiger partial charge is 0.303 e. The van der Waals surface area contributed by atoms with E-state index in [0.717, 1.165) is 72.6 Å². The predicted molar refractivity (Wildman–Crippen MR) is 151 cm³/mol. The normalized spacial score (nSPS) is 18.8. The maximum absolute atomic E-state index is 11.7. The number of carbonyl (C=O) groups is 1. The van der Waals surface area contributed by atoms with E-state index in [1.54, 1.807) is 20.4 Å². The molecule has 1 aromatic heterocycles. The van der Waals surface area contributed by atoms with E-state index in [9.17, 15) is 15.0 Å². The van der Waals surface area contributed by atoms with Crippen LogP contribution in [0.15, 0.2) is 59.6 Å². The third-order valence-electron chi connectivity index (χ3n) is 7.51. The van der Waals surface area contributed by atoms with E-state index >= 15 is 0 Å². The van der Waals surface area contributed by atoms with E-state index in [4.69, 9.17) is 9.47 Å². The summed E-state index contributed by atoms with van der Waals surface area (Å²) in [7, 11) is 3.30. The summed E-state index contributed by atoms with van der Waals surface area (Å²) in [6.45, 7) is 2.74. The molecule has 38 heavy (non-hydrogen) atoms. The van der Waals surface area contributed by atoms with Gasteiger partial charge in [0, 0.05) is 29.4 Å². The van der Waals surface area contributed by atoms with Crippen molar-refractivity contribution in [3.8, 4) is 11.5 Å². The second kappa shape index (κ2) is 13.8. The lowest BCUT2D eigenvalue weighted by atomic mass is 9.79. The molecule has 0 bridgehead atoms. The number of rotatable bonds is 13. The van der Waals surface area contributed by atoms with Crippen LogP contribution in [0.1, 0.15) is 43.8 Å². The fourth-order valence-corrected chi connectivity index (χ4v) is 6.27. The van der Waals surface area contributed by atoms with Gasteiger partial charge in [0.15, 0.2) is 0 Å². The summed E-state index contributed by atoms with van der Waals surface area (Å²) >= 11 is 1.84. The Hall–Kier alpha value is -2.81. The quantitative estimate of drug-likeness (QED) is 0.213. The van der Waals surface area contributed by atoms with Crippen molar-refractivity contribution in [2.24, 2.45) is 11.8 Å². The number of hydrogen-bond acceptors (Lipinski definition) is 7. The summed E-state index contributed by atoms with van der Waals surface area (Å²) in [5.74, 6) is 2.25. The number of pyridine rings is 1. The molecule has 2 N–H and O–H groups in total. The molecule has 0 saturated carbocycles. The Labute approximate surface area is 229 Å². The molecule has 4 rings (SSSR count). The topological polar surface area (TPSA) is 92.1 Å². The fraction of sp³-hybridized carbons (Fsp3) is 0.467. The van der Waals surface area contributed by atoms with Gasteiger partial charge in [0.05, 0.1) is 25.8 Å². The Morgan fingerprint density at radius 2 is 1.87 bits per heavy atom. The van der Waals surface area contributed by atoms with E-state index < -0.39 is 12.1 Å². The molecule has 7 nitrogen and oxygen atoms in total. The summed E-state index contributed by atoms with van der Waals surface area (Å²) in [5.41, 5.74) is 1.67. The van der Waals surface area contributed by atoms with Gasteiger partial charge in [-0.3, -0.25) is 9.78 Å². The van der Waals surface area contributed by atoms with Gasteiger partial charge in [0.2, 0.25) is 0 Å². The van der Waals surface area contributed by atoms with Crippen LogP contribution < -0.4 is 9.47 Å². The molecule has 0 unspecified atom stereocenters. The minimum absolute atomic E-state index is 0.0944. The number of ether oxygens (including phenoxy) is 2. The molecule has 1 fully saturated rings. The van der Waals surface area contributed by atoms with Crippen LogP contribution in [0.4, 0.5) is 0 Å². The Bertz CT molecular complexity index is 1190. The van der Waals surface area contributed by atoms with E-state index in [1.165, 1.54) is 4.90 Å². The molecule has 1 saturated heterocycles. The summed E-state index contributed by atoms with van der Waals surface area (Å²) < 4.78 is 10.6. The van der Waals surface area contributed by atoms with Crippen LogP contribution in [-0.4, -0.2) is 65.7 Å². The van der Waals surface area contributed by atoms with Crippen molar-refractivity contribution in [2.75, 3.05) is 39.6 Å². The van der Waals surface area contributed by atoms with Gasteiger partial charge in [-0.2, -0.15) is 0 Å². The van der Waals surface area contributed by atoms with Crippen molar-refractivity contribution in [1.82, 2.24) is 9.88 Å². The number of aliphatic carboxylic acids is 1. The Morgan fingerprint density at radius 3 is 2.61 bits per heavy atom. The number of fused-ring (bicyclic) bond motifs is 1. The molecule has 0 spiro atoms. The average molecular weight is 539 g/mol. The van der Waals surface area contributed by atoms with Gasteiger partial charge in [0.25, 0.3) is 0 Å². The molecule has 0 aliphatic carbocycles. The van der Waals surface area contributed by atoms with Gasteiger partial charge >= 0.3 is 5.97 Å². The van der Waals surface area contributed by atoms with Crippen LogP contribution in [0.2, 0.25) is 0 Å². The Morgan fingerprint density at radius 1 is 1.11 bits per heavy atom. The lowest BCUT2D eigenvalue weighted by molar-refractivity contribution is -0.139. The minimum Gasteiger partial charge on any atom is -0.497 e. The van der Waals surface area contributed by atoms with Crippen molar-refractivity contribution in [3.05, 3.63) is 60.3 Å². The van der Waals surface area contributed by atoms with Crippen molar-refractivity contribution < 1.29 is 24.5 Å². The van der Waals surface area contributed by atoms with Gasteiger partial charge in [-0.15, -0.1) is 11.8 Å². The number of nitrogens with zero attached hydrogens (tertiary/aromatic N) is 2. The zero-order valence-corrected chi connectivity index (χ0v) is 23.0. The number of carboxylic acid groups (broad SMARTS) is 1. The summed E-state index contributed by atoms with van der Waals surface area (Å²) in [6.07, 6.45) is 4.67. The Kier molecular flexibility index (Phi) is 10.3. The molecule has 2 heterocycles. The summed E-state index contributed by atoms with van der Waals surface area (Å²) in [6, 6.07) is 15.7. The predicted octanol–water partition coefficient (Wildman–Crippen LogP) is 5.66. The zero-order chi connectivity index (χ0) is 26.9. The maximum Gasteiger partial charge on any atom is 0.303 e. The average Bonchev–Trinajstić information content (AvgIpc) is 2.94. The first-order valence-corrected chi connectivity index (χ1v) is 14.3. The van der Waals surface area contributed by atoms with Gasteiger partial charge in [-0.05, 0) is 110 Å². The number of hydrogen-bond donors (Lipinski definition) is 2. The lowest BCUT2D eigenvalue weighted by Crippen LogP contribution is -2.42. The molecule has 1 aliphatic rings. The van der Waals surface area contributed by atoms with Gasteiger partial charge in [-0.1, -0.05) is 0 Å². The van der Waals surface area contributed by atoms with Crippen molar-refractivity contribution in [1.29, 1.82) is 0 Å². The SMILES string of the molecule is COc1ccc(SCCCN2CC[C@@H](CC[C@@H](O)c3ccnc4ccc(OC)cc34)[C@@H](CC(=O)O)C2)cc1. The number of methoxy groups -OCH3 is 2. The third kappa shape index (κ3) is 7.62. The number of thioether (sulfide) groups is 1. The first-order chi connectivity index (χ1) is 18.5. The van der Waals surface area contributed by atoms with Crippen LogP contribution >= 0.6 is 11.8 Å². The van der Waals surface area contributed by atoms with Crippen molar-refractivity contribution in [3.63, 3.8) is 0 Å². The van der Waals surface area contributed by atoms with Crippen molar-refractivity contribution in [2.45, 2.75) is 43.1 Å². The minimum atomic E-state index is -0.746. The molecule has 2 aromatic carbocycles. The number of aromatic nitrogens is 1. The molecular formula is C30H38N2O5S. The highest BCUT2D eigenvalue weighted by Gasteiger charge is 2.31. The largest absolute Gasteiger partial charge is 0.497 e. The molecule has 1 aliphatic heterocycles. The number of carboxylic acids is 1. The van der Waals surface area contributed by atoms with E-state index in [1.807, 2.05) is 48.2 Å². The highest BCUT2D eigenvalue weighted by atomic mass is 32.2. The molecule has 204 valence electrons. The number of piperidine rings is 1. The monoisotopic (exact) mass is 538 g/mol. The number of likely N-dealkylation sites (tertiary alicyclic amines) is 1. The fourth-order valence-electron chi connectivity index (χ4n) is 5.44. The molecular weight excluding hydrogens is 500 g/mol. The second-order valence-corrected chi connectivity index (χ2v) is 11.1. The molecule has 3 aromatic rings. The third-order valence-corrected chi connectivity index (χ3v) is 8.61. The van der Waals surface area contributed by atoms with Gasteiger partial charge < -0.3 is 24.6 Å². The Balaban J connectivity index is 1.29. The standard InChI is InChI=1S/C30H38N2O5S/c1-36-23-5-8-25(9-6-23)38-17-3-15-32-16-13-21(22(20-32)18-30(34)35)4-11-29(33)26-12-14-31-28-10-7-24(37-2)19-27(26)28/h5-10,12,14,19,21-22,29,33H,3-4,11,13,15-18,20H2,1-2H3,(H,34,35)/t21-,22+,29-/m1/s1. The van der Waals surface area contributed by atoms with Crippen LogP contribution in [0, 0.1) is 11.8 Å². The van der Waals surface area contributed by atoms with Crippen LogP contribution in [0.3, 0.4) is 0 Å². The van der Waals surface area contributed by atoms with E-state index in [0.29, 0.717) is 6.42 Å². The number of aliphatic hydroxyl groups is 1. The summed E-state index contributed by atoms with van der Waals surface area (Å²) in [4.78, 5) is 19.7. The van der Waals surface area contributed by atoms with Crippen LogP contribution in [0.5, 0.6) is 11.5 Å². The van der Waals surface area contributed by atoms with Gasteiger partial charge in [-0.25, -0.2) is 0 Å². The number of aliphatic hydroxyl groups excluding tert-OH is 1. The van der Waals surface area contributed by atoms with E-state index in [2.05, 4.69) is 22.0 Å². The molecule has 8 heteroatoms. The van der Waals surface area contributed by atoms with Gasteiger partial charge in [0.1, 0.15) is 11.5 Å². The molecule has 0 radical (unpaired) electrons. The zero-order valence-electron chi connectivity index (χ0n) is 22.2. The lowest BCUT2D eigenvalue weighted by Gasteiger charge is -2.38. The highest BCUT2D eigenvalue weighted by molar-refractivity contribution is 7.99. The first-order valence-electron chi connectivity index (χ1n) is 13.3. The van der Waals surface area contributed by atoms with Crippen LogP contribution in [0.25, 0.3) is 10.9 Å². The highest BCUT2D eigenvalue weighted by Crippen LogP contribution is 2.35. The maximum atomic E-state index is 11.7. The van der Waals surface area contributed by atoms with Crippen molar-refractivity contribution >= 4 is 28.6 Å². The number of benzene rings is 2. The molecule has 3 atom stereocenters. The van der Waals surface area contributed by atoms with Crippen LogP contribution in [-0.2, 0) is 4.79 Å².